The molecule has 1 aliphatic heterocycles. The number of nitrogens with one attached hydrogen (secondary N) is 1. The van der Waals surface area contributed by atoms with Crippen molar-refractivity contribution >= 4 is 21.6 Å². The summed E-state index contributed by atoms with van der Waals surface area (Å²) in [6.07, 6.45) is 1.19. The highest BCUT2D eigenvalue weighted by molar-refractivity contribution is 7.89. The molecule has 0 spiro atoms. The largest absolute Gasteiger partial charge is 0.495 e. The topological polar surface area (TPSA) is 115 Å². The predicted octanol–water partition coefficient (Wildman–Crippen LogP) is 3.40. The lowest BCUT2D eigenvalue weighted by atomic mass is 9.98. The van der Waals surface area contributed by atoms with E-state index in [2.05, 4.69) is 15.5 Å². The number of nitrogens with zero attached hydrogens (tertiary/aromatic N) is 3. The van der Waals surface area contributed by atoms with Gasteiger partial charge in [-0.2, -0.15) is 9.29 Å². The standard InChI is InChI=1S/C23H26N4O5S/c1-15-10-11-17(22-24-16(2)32-26-22)13-21(15)33(29,30)27-12-6-7-18(14-27)23(28)25-19-8-4-5-9-20(19)31-3/h4-5,8-11,13,18H,6-7,12,14H2,1-3H3,(H,25,28). The van der Waals surface area contributed by atoms with Crippen LogP contribution in [0.1, 0.15) is 24.3 Å². The molecular weight excluding hydrogens is 444 g/mol. The Balaban J connectivity index is 1.55. The van der Waals surface area contributed by atoms with E-state index < -0.39 is 15.9 Å². The molecule has 4 rings (SSSR count). The van der Waals surface area contributed by atoms with Crippen molar-refractivity contribution in [1.82, 2.24) is 14.4 Å². The lowest BCUT2D eigenvalue weighted by molar-refractivity contribution is -0.120. The van der Waals surface area contributed by atoms with Gasteiger partial charge in [-0.05, 0) is 43.5 Å². The molecule has 1 aromatic heterocycles. The number of ether oxygens (including phenoxy) is 1. The van der Waals surface area contributed by atoms with Crippen LogP contribution in [0.5, 0.6) is 5.75 Å². The molecule has 0 bridgehead atoms. The SMILES string of the molecule is COc1ccccc1NC(=O)C1CCCN(S(=O)(=O)c2cc(-c3noc(C)n3)ccc2C)C1. The zero-order valence-electron chi connectivity index (χ0n) is 18.7. The first-order chi connectivity index (χ1) is 15.8. The average molecular weight is 471 g/mol. The summed E-state index contributed by atoms with van der Waals surface area (Å²) in [5.74, 6) is 0.579. The summed E-state index contributed by atoms with van der Waals surface area (Å²) in [7, 11) is -2.29. The number of piperidine rings is 1. The van der Waals surface area contributed by atoms with Crippen LogP contribution in [0.4, 0.5) is 5.69 Å². The molecule has 1 saturated heterocycles. The van der Waals surface area contributed by atoms with Crippen LogP contribution in [0.2, 0.25) is 0 Å². The first kappa shape index (κ1) is 22.9. The maximum Gasteiger partial charge on any atom is 0.243 e. The van der Waals surface area contributed by atoms with E-state index >= 15 is 0 Å². The lowest BCUT2D eigenvalue weighted by Gasteiger charge is -2.31. The predicted molar refractivity (Wildman–Crippen MR) is 122 cm³/mol. The van der Waals surface area contributed by atoms with Gasteiger partial charge in [-0.25, -0.2) is 8.42 Å². The minimum absolute atomic E-state index is 0.105. The number of hydrogen-bond acceptors (Lipinski definition) is 7. The van der Waals surface area contributed by atoms with Gasteiger partial charge in [-0.15, -0.1) is 0 Å². The molecule has 1 unspecified atom stereocenters. The van der Waals surface area contributed by atoms with Crippen molar-refractivity contribution < 1.29 is 22.5 Å². The molecule has 3 aromatic rings. The summed E-state index contributed by atoms with van der Waals surface area (Å²) in [6, 6.07) is 12.2. The molecule has 1 atom stereocenters. The van der Waals surface area contributed by atoms with Gasteiger partial charge in [0.05, 0.1) is 23.6 Å². The number of amides is 1. The highest BCUT2D eigenvalue weighted by Gasteiger charge is 2.34. The third-order valence-electron chi connectivity index (χ3n) is 5.71. The van der Waals surface area contributed by atoms with Gasteiger partial charge in [-0.3, -0.25) is 4.79 Å². The first-order valence-electron chi connectivity index (χ1n) is 10.6. The van der Waals surface area contributed by atoms with Gasteiger partial charge in [0, 0.05) is 25.6 Å². The van der Waals surface area contributed by atoms with Crippen molar-refractivity contribution in [1.29, 1.82) is 0 Å². The Morgan fingerprint density at radius 3 is 2.73 bits per heavy atom. The normalized spacial score (nSPS) is 17.0. The molecule has 10 heteroatoms. The number of aryl methyl sites for hydroxylation is 2. The number of para-hydroxylation sites is 2. The van der Waals surface area contributed by atoms with Crippen LogP contribution in [0, 0.1) is 19.8 Å². The van der Waals surface area contributed by atoms with Crippen molar-refractivity contribution in [2.45, 2.75) is 31.6 Å². The number of hydrogen-bond donors (Lipinski definition) is 1. The van der Waals surface area contributed by atoms with E-state index in [-0.39, 0.29) is 17.3 Å². The summed E-state index contributed by atoms with van der Waals surface area (Å²) >= 11 is 0. The van der Waals surface area contributed by atoms with Crippen LogP contribution >= 0.6 is 0 Å². The lowest BCUT2D eigenvalue weighted by Crippen LogP contribution is -2.43. The third-order valence-corrected chi connectivity index (χ3v) is 7.72. The van der Waals surface area contributed by atoms with Gasteiger partial charge in [0.15, 0.2) is 0 Å². The van der Waals surface area contributed by atoms with Crippen molar-refractivity contribution in [3.8, 4) is 17.1 Å². The Labute approximate surface area is 192 Å². The molecule has 2 heterocycles. The molecule has 0 radical (unpaired) electrons. The second-order valence-electron chi connectivity index (χ2n) is 8.01. The van der Waals surface area contributed by atoms with Crippen LogP contribution in [0.3, 0.4) is 0 Å². The van der Waals surface area contributed by atoms with Crippen LogP contribution in [0.15, 0.2) is 51.9 Å². The van der Waals surface area contributed by atoms with E-state index in [0.717, 1.165) is 0 Å². The fraction of sp³-hybridized carbons (Fsp3) is 0.348. The fourth-order valence-corrected chi connectivity index (χ4v) is 5.70. The van der Waals surface area contributed by atoms with E-state index in [4.69, 9.17) is 9.26 Å². The zero-order valence-corrected chi connectivity index (χ0v) is 19.6. The highest BCUT2D eigenvalue weighted by Crippen LogP contribution is 2.30. The summed E-state index contributed by atoms with van der Waals surface area (Å²) in [5, 5.41) is 6.76. The van der Waals surface area contributed by atoms with E-state index in [9.17, 15) is 13.2 Å². The summed E-state index contributed by atoms with van der Waals surface area (Å²) in [6.45, 7) is 3.88. The Kier molecular flexibility index (Phi) is 6.48. The van der Waals surface area contributed by atoms with E-state index in [1.165, 1.54) is 11.4 Å². The smallest absolute Gasteiger partial charge is 0.243 e. The highest BCUT2D eigenvalue weighted by atomic mass is 32.2. The van der Waals surface area contributed by atoms with Gasteiger partial charge >= 0.3 is 0 Å². The van der Waals surface area contributed by atoms with E-state index in [1.54, 1.807) is 50.2 Å². The third kappa shape index (κ3) is 4.76. The molecule has 0 aliphatic carbocycles. The van der Waals surface area contributed by atoms with Crippen molar-refractivity contribution in [3.63, 3.8) is 0 Å². The first-order valence-corrected chi connectivity index (χ1v) is 12.1. The van der Waals surface area contributed by atoms with Crippen LogP contribution in [-0.4, -0.2) is 49.0 Å². The Morgan fingerprint density at radius 1 is 1.21 bits per heavy atom. The number of methoxy groups -OCH3 is 1. The molecule has 1 aliphatic rings. The second kappa shape index (κ2) is 9.32. The number of sulfonamides is 1. The number of anilines is 1. The van der Waals surface area contributed by atoms with Gasteiger partial charge in [0.25, 0.3) is 0 Å². The molecule has 9 nitrogen and oxygen atoms in total. The van der Waals surface area contributed by atoms with Gasteiger partial charge in [-0.1, -0.05) is 29.4 Å². The minimum Gasteiger partial charge on any atom is -0.495 e. The Morgan fingerprint density at radius 2 is 2.00 bits per heavy atom. The molecule has 2 aromatic carbocycles. The summed E-state index contributed by atoms with van der Waals surface area (Å²) in [4.78, 5) is 17.3. The van der Waals surface area contributed by atoms with E-state index in [0.29, 0.717) is 53.7 Å². The quantitative estimate of drug-likeness (QED) is 0.587. The average Bonchev–Trinajstić information content (AvgIpc) is 3.26. The van der Waals surface area contributed by atoms with Crippen molar-refractivity contribution in [2.75, 3.05) is 25.5 Å². The molecule has 0 saturated carbocycles. The number of benzene rings is 2. The number of carbonyl (C=O) groups is 1. The molecule has 1 amide bonds. The monoisotopic (exact) mass is 470 g/mol. The number of rotatable bonds is 6. The molecule has 1 fully saturated rings. The number of aromatic nitrogens is 2. The van der Waals surface area contributed by atoms with Gasteiger partial charge in [0.2, 0.25) is 27.6 Å². The van der Waals surface area contributed by atoms with Crippen LogP contribution in [0.25, 0.3) is 11.4 Å². The fourth-order valence-electron chi connectivity index (χ4n) is 3.93. The van der Waals surface area contributed by atoms with Gasteiger partial charge < -0.3 is 14.6 Å². The Bertz CT molecular complexity index is 1270. The number of carbonyl (C=O) groups excluding carboxylic acids is 1. The zero-order chi connectivity index (χ0) is 23.6. The summed E-state index contributed by atoms with van der Waals surface area (Å²) < 4.78 is 38.8. The van der Waals surface area contributed by atoms with Crippen LogP contribution in [-0.2, 0) is 14.8 Å². The molecule has 33 heavy (non-hydrogen) atoms. The molecule has 174 valence electrons. The van der Waals surface area contributed by atoms with Gasteiger partial charge in [0.1, 0.15) is 5.75 Å². The molecule has 1 N–H and O–H groups in total. The maximum atomic E-state index is 13.5. The van der Waals surface area contributed by atoms with Crippen molar-refractivity contribution in [3.05, 3.63) is 53.9 Å². The van der Waals surface area contributed by atoms with Crippen molar-refractivity contribution in [2.24, 2.45) is 5.92 Å². The maximum absolute atomic E-state index is 13.5. The van der Waals surface area contributed by atoms with Crippen LogP contribution < -0.4 is 10.1 Å². The summed E-state index contributed by atoms with van der Waals surface area (Å²) in [5.41, 5.74) is 1.72. The Hall–Kier alpha value is -3.24. The second-order valence-corrected chi connectivity index (χ2v) is 9.92. The minimum atomic E-state index is -3.83. The van der Waals surface area contributed by atoms with E-state index in [1.807, 2.05) is 6.07 Å². The molecular formula is C23H26N4O5S.